The summed E-state index contributed by atoms with van der Waals surface area (Å²) in [5.41, 5.74) is 0. The molecule has 1 aromatic heterocycles. The highest BCUT2D eigenvalue weighted by atomic mass is 16.5. The van der Waals surface area contributed by atoms with Gasteiger partial charge in [0, 0.05) is 26.8 Å². The molecule has 1 heterocycles. The van der Waals surface area contributed by atoms with Crippen LogP contribution in [0.15, 0.2) is 0 Å². The predicted octanol–water partition coefficient (Wildman–Crippen LogP) is 1.17. The minimum Gasteiger partial charge on any atom is -0.467 e. The highest BCUT2D eigenvalue weighted by Gasteiger charge is 2.05. The van der Waals surface area contributed by atoms with E-state index in [4.69, 9.17) is 14.2 Å². The van der Waals surface area contributed by atoms with E-state index in [0.29, 0.717) is 31.1 Å². The SMILES string of the molecule is CCNc1nc(NCCCCOCCOC)nc(OC)n1. The van der Waals surface area contributed by atoms with Crippen molar-refractivity contribution in [1.82, 2.24) is 15.0 Å². The molecule has 0 bridgehead atoms. The zero-order valence-electron chi connectivity index (χ0n) is 13.0. The predicted molar refractivity (Wildman–Crippen MR) is 81.0 cm³/mol. The largest absolute Gasteiger partial charge is 0.467 e. The maximum Gasteiger partial charge on any atom is 0.322 e. The number of aromatic nitrogens is 3. The molecular formula is C13H25N5O3. The van der Waals surface area contributed by atoms with Crippen molar-refractivity contribution in [2.24, 2.45) is 0 Å². The third-order valence-electron chi connectivity index (χ3n) is 2.56. The summed E-state index contributed by atoms with van der Waals surface area (Å²) in [6.45, 7) is 5.50. The van der Waals surface area contributed by atoms with Crippen molar-refractivity contribution in [3.8, 4) is 6.01 Å². The number of hydrogen-bond acceptors (Lipinski definition) is 8. The Morgan fingerprint density at radius 1 is 0.905 bits per heavy atom. The zero-order valence-corrected chi connectivity index (χ0v) is 13.0. The summed E-state index contributed by atoms with van der Waals surface area (Å²) in [7, 11) is 3.20. The molecule has 120 valence electrons. The first-order chi connectivity index (χ1) is 10.3. The van der Waals surface area contributed by atoms with Crippen LogP contribution in [0, 0.1) is 0 Å². The summed E-state index contributed by atoms with van der Waals surface area (Å²) in [4.78, 5) is 12.5. The van der Waals surface area contributed by atoms with Crippen LogP contribution in [0.4, 0.5) is 11.9 Å². The lowest BCUT2D eigenvalue weighted by Crippen LogP contribution is -2.11. The monoisotopic (exact) mass is 299 g/mol. The topological polar surface area (TPSA) is 90.4 Å². The number of ether oxygens (including phenoxy) is 3. The van der Waals surface area contributed by atoms with E-state index in [-0.39, 0.29) is 0 Å². The number of anilines is 2. The smallest absolute Gasteiger partial charge is 0.322 e. The van der Waals surface area contributed by atoms with Gasteiger partial charge in [-0.2, -0.15) is 15.0 Å². The van der Waals surface area contributed by atoms with E-state index in [2.05, 4.69) is 25.6 Å². The lowest BCUT2D eigenvalue weighted by atomic mass is 10.3. The Kier molecular flexibility index (Phi) is 9.14. The van der Waals surface area contributed by atoms with Gasteiger partial charge in [0.2, 0.25) is 11.9 Å². The number of methoxy groups -OCH3 is 2. The van der Waals surface area contributed by atoms with Crippen molar-refractivity contribution >= 4 is 11.9 Å². The Bertz CT molecular complexity index is 392. The second-order valence-corrected chi connectivity index (χ2v) is 4.24. The van der Waals surface area contributed by atoms with Gasteiger partial charge >= 0.3 is 6.01 Å². The summed E-state index contributed by atoms with van der Waals surface area (Å²) >= 11 is 0. The number of hydrogen-bond donors (Lipinski definition) is 2. The lowest BCUT2D eigenvalue weighted by Gasteiger charge is -2.08. The second-order valence-electron chi connectivity index (χ2n) is 4.24. The first kappa shape index (κ1) is 17.4. The van der Waals surface area contributed by atoms with E-state index < -0.39 is 0 Å². The molecule has 0 fully saturated rings. The zero-order chi connectivity index (χ0) is 15.3. The fourth-order valence-electron chi connectivity index (χ4n) is 1.54. The quantitative estimate of drug-likeness (QED) is 0.556. The van der Waals surface area contributed by atoms with Gasteiger partial charge < -0.3 is 24.8 Å². The first-order valence-electron chi connectivity index (χ1n) is 7.14. The molecule has 1 aromatic rings. The minimum absolute atomic E-state index is 0.298. The molecule has 0 aliphatic rings. The average molecular weight is 299 g/mol. The highest BCUT2D eigenvalue weighted by molar-refractivity contribution is 5.35. The highest BCUT2D eigenvalue weighted by Crippen LogP contribution is 2.10. The molecule has 0 unspecified atom stereocenters. The summed E-state index contributed by atoms with van der Waals surface area (Å²) in [6.07, 6.45) is 1.94. The molecule has 0 radical (unpaired) electrons. The number of nitrogens with zero attached hydrogens (tertiary/aromatic N) is 3. The molecule has 8 nitrogen and oxygen atoms in total. The van der Waals surface area contributed by atoms with Crippen LogP contribution in [0.1, 0.15) is 19.8 Å². The first-order valence-corrected chi connectivity index (χ1v) is 7.14. The van der Waals surface area contributed by atoms with E-state index in [1.54, 1.807) is 7.11 Å². The Morgan fingerprint density at radius 2 is 1.67 bits per heavy atom. The summed E-state index contributed by atoms with van der Waals surface area (Å²) < 4.78 is 15.3. The van der Waals surface area contributed by atoms with Gasteiger partial charge in [0.1, 0.15) is 0 Å². The van der Waals surface area contributed by atoms with Crippen molar-refractivity contribution in [2.75, 3.05) is 57.8 Å². The number of nitrogens with one attached hydrogen (secondary N) is 2. The Balaban J connectivity index is 2.26. The summed E-state index contributed by atoms with van der Waals surface area (Å²) in [5.74, 6) is 1.02. The molecule has 21 heavy (non-hydrogen) atoms. The van der Waals surface area contributed by atoms with Crippen LogP contribution in [0.2, 0.25) is 0 Å². The number of unbranched alkanes of at least 4 members (excludes halogenated alkanes) is 1. The van der Waals surface area contributed by atoms with Crippen molar-refractivity contribution in [3.63, 3.8) is 0 Å². The summed E-state index contributed by atoms with van der Waals surface area (Å²) in [6, 6.07) is 0.298. The average Bonchev–Trinajstić information content (AvgIpc) is 2.50. The van der Waals surface area contributed by atoms with Gasteiger partial charge in [0.05, 0.1) is 20.3 Å². The fourth-order valence-corrected chi connectivity index (χ4v) is 1.54. The lowest BCUT2D eigenvalue weighted by molar-refractivity contribution is 0.0691. The van der Waals surface area contributed by atoms with Gasteiger partial charge in [0.15, 0.2) is 0 Å². The molecule has 0 saturated carbocycles. The molecule has 8 heteroatoms. The Labute approximate surface area is 125 Å². The normalized spacial score (nSPS) is 10.4. The maximum absolute atomic E-state index is 5.39. The van der Waals surface area contributed by atoms with Crippen LogP contribution in [0.25, 0.3) is 0 Å². The van der Waals surface area contributed by atoms with Gasteiger partial charge in [-0.3, -0.25) is 0 Å². The Hall–Kier alpha value is -1.67. The van der Waals surface area contributed by atoms with Gasteiger partial charge in [-0.25, -0.2) is 0 Å². The van der Waals surface area contributed by atoms with E-state index in [1.807, 2.05) is 6.92 Å². The van der Waals surface area contributed by atoms with Crippen molar-refractivity contribution in [1.29, 1.82) is 0 Å². The molecule has 2 N–H and O–H groups in total. The van der Waals surface area contributed by atoms with Gasteiger partial charge in [-0.15, -0.1) is 0 Å². The van der Waals surface area contributed by atoms with E-state index >= 15 is 0 Å². The Morgan fingerprint density at radius 3 is 2.33 bits per heavy atom. The van der Waals surface area contributed by atoms with E-state index in [0.717, 1.165) is 32.5 Å². The third kappa shape index (κ3) is 7.62. The van der Waals surface area contributed by atoms with Gasteiger partial charge in [-0.1, -0.05) is 0 Å². The van der Waals surface area contributed by atoms with Crippen LogP contribution < -0.4 is 15.4 Å². The molecule has 0 aliphatic carbocycles. The molecule has 0 amide bonds. The minimum atomic E-state index is 0.298. The molecule has 0 saturated heterocycles. The molecule has 0 spiro atoms. The maximum atomic E-state index is 5.39. The third-order valence-corrected chi connectivity index (χ3v) is 2.56. The van der Waals surface area contributed by atoms with Gasteiger partial charge in [-0.05, 0) is 19.8 Å². The molecule has 1 rings (SSSR count). The van der Waals surface area contributed by atoms with Crippen molar-refractivity contribution < 1.29 is 14.2 Å². The standard InChI is InChI=1S/C13H25N5O3/c1-4-14-11-16-12(18-13(17-11)20-3)15-7-5-6-8-21-10-9-19-2/h4-10H2,1-3H3,(H2,14,15,16,17,18). The second kappa shape index (κ2) is 11.0. The van der Waals surface area contributed by atoms with Crippen LogP contribution in [0.5, 0.6) is 6.01 Å². The van der Waals surface area contributed by atoms with Crippen molar-refractivity contribution in [3.05, 3.63) is 0 Å². The van der Waals surface area contributed by atoms with Crippen molar-refractivity contribution in [2.45, 2.75) is 19.8 Å². The summed E-state index contributed by atoms with van der Waals surface area (Å²) in [5, 5.41) is 6.20. The molecule has 0 aliphatic heterocycles. The van der Waals surface area contributed by atoms with Crippen LogP contribution in [-0.4, -0.2) is 62.1 Å². The number of rotatable bonds is 12. The van der Waals surface area contributed by atoms with E-state index in [1.165, 1.54) is 7.11 Å². The van der Waals surface area contributed by atoms with Crippen LogP contribution in [0.3, 0.4) is 0 Å². The van der Waals surface area contributed by atoms with Crippen LogP contribution >= 0.6 is 0 Å². The fraction of sp³-hybridized carbons (Fsp3) is 0.769. The molecule has 0 atom stereocenters. The van der Waals surface area contributed by atoms with E-state index in [9.17, 15) is 0 Å². The van der Waals surface area contributed by atoms with Crippen LogP contribution in [-0.2, 0) is 9.47 Å². The molecule has 0 aromatic carbocycles. The molecular weight excluding hydrogens is 274 g/mol. The van der Waals surface area contributed by atoms with Gasteiger partial charge in [0.25, 0.3) is 0 Å².